The normalized spacial score (nSPS) is 24.9. The van der Waals surface area contributed by atoms with E-state index in [9.17, 15) is 0 Å². The van der Waals surface area contributed by atoms with Crippen molar-refractivity contribution in [1.82, 2.24) is 14.9 Å². The summed E-state index contributed by atoms with van der Waals surface area (Å²) in [6.45, 7) is 13.8. The summed E-state index contributed by atoms with van der Waals surface area (Å²) >= 11 is 0. The lowest BCUT2D eigenvalue weighted by atomic mass is 10.0. The lowest BCUT2D eigenvalue weighted by Crippen LogP contribution is -2.25. The molecule has 1 N–H and O–H groups in total. The van der Waals surface area contributed by atoms with Gasteiger partial charge in [-0.1, -0.05) is 34.6 Å². The van der Waals surface area contributed by atoms with Crippen LogP contribution in [0, 0.1) is 10.8 Å². The van der Waals surface area contributed by atoms with Crippen LogP contribution in [0.1, 0.15) is 57.9 Å². The van der Waals surface area contributed by atoms with Gasteiger partial charge >= 0.3 is 0 Å². The van der Waals surface area contributed by atoms with Gasteiger partial charge in [0.2, 0.25) is 0 Å². The quantitative estimate of drug-likeness (QED) is 0.871. The highest BCUT2D eigenvalue weighted by atomic mass is 15.2. The third-order valence-electron chi connectivity index (χ3n) is 5.52. The average molecular weight is 247 g/mol. The molecule has 0 atom stereocenters. The standard InChI is InChI=1S/C15H25N3/c1-6-12-17-10-9-16-8-7-11(10)18(12)13-14(2,3)15(13,4)5/h13,16H,6-9H2,1-5H3. The van der Waals surface area contributed by atoms with E-state index in [-0.39, 0.29) is 0 Å². The van der Waals surface area contributed by atoms with Crippen LogP contribution >= 0.6 is 0 Å². The van der Waals surface area contributed by atoms with Crippen LogP contribution in [0.3, 0.4) is 0 Å². The molecule has 3 rings (SSSR count). The maximum atomic E-state index is 4.86. The molecular weight excluding hydrogens is 222 g/mol. The van der Waals surface area contributed by atoms with Gasteiger partial charge < -0.3 is 9.88 Å². The number of fused-ring (bicyclic) bond motifs is 1. The number of imidazole rings is 1. The van der Waals surface area contributed by atoms with Crippen molar-refractivity contribution in [2.75, 3.05) is 6.54 Å². The van der Waals surface area contributed by atoms with E-state index < -0.39 is 0 Å². The van der Waals surface area contributed by atoms with E-state index >= 15 is 0 Å². The van der Waals surface area contributed by atoms with Crippen molar-refractivity contribution < 1.29 is 0 Å². The van der Waals surface area contributed by atoms with Crippen molar-refractivity contribution >= 4 is 0 Å². The topological polar surface area (TPSA) is 29.9 Å². The third-order valence-corrected chi connectivity index (χ3v) is 5.52. The molecule has 0 saturated heterocycles. The van der Waals surface area contributed by atoms with E-state index in [0.29, 0.717) is 16.9 Å². The molecule has 1 saturated carbocycles. The molecule has 0 spiro atoms. The maximum absolute atomic E-state index is 4.86. The molecule has 0 amide bonds. The van der Waals surface area contributed by atoms with Gasteiger partial charge in [-0.25, -0.2) is 4.98 Å². The van der Waals surface area contributed by atoms with Gasteiger partial charge in [-0.2, -0.15) is 0 Å². The fraction of sp³-hybridized carbons (Fsp3) is 0.800. The number of rotatable bonds is 2. The molecule has 1 aromatic rings. The molecule has 2 heterocycles. The van der Waals surface area contributed by atoms with Gasteiger partial charge in [-0.05, 0) is 10.8 Å². The Labute approximate surface area is 110 Å². The van der Waals surface area contributed by atoms with Crippen LogP contribution in [0.4, 0.5) is 0 Å². The lowest BCUT2D eigenvalue weighted by Gasteiger charge is -2.17. The number of nitrogens with one attached hydrogen (secondary N) is 1. The van der Waals surface area contributed by atoms with Crippen molar-refractivity contribution in [3.63, 3.8) is 0 Å². The van der Waals surface area contributed by atoms with Crippen molar-refractivity contribution in [3.05, 3.63) is 17.2 Å². The first kappa shape index (κ1) is 12.2. The molecule has 3 heteroatoms. The van der Waals surface area contributed by atoms with Crippen LogP contribution in [-0.4, -0.2) is 16.1 Å². The zero-order valence-corrected chi connectivity index (χ0v) is 12.3. The molecule has 1 fully saturated rings. The van der Waals surface area contributed by atoms with Gasteiger partial charge in [0.05, 0.1) is 5.69 Å². The molecule has 1 aliphatic heterocycles. The summed E-state index contributed by atoms with van der Waals surface area (Å²) in [6.07, 6.45) is 2.17. The first-order valence-electron chi connectivity index (χ1n) is 7.20. The fourth-order valence-corrected chi connectivity index (χ4v) is 3.75. The number of aryl methyl sites for hydroxylation is 1. The molecular formula is C15H25N3. The van der Waals surface area contributed by atoms with E-state index in [1.807, 2.05) is 0 Å². The molecule has 18 heavy (non-hydrogen) atoms. The monoisotopic (exact) mass is 247 g/mol. The summed E-state index contributed by atoms with van der Waals surface area (Å²) in [4.78, 5) is 4.86. The number of nitrogens with zero attached hydrogens (tertiary/aromatic N) is 2. The summed E-state index contributed by atoms with van der Waals surface area (Å²) in [5.41, 5.74) is 3.55. The maximum Gasteiger partial charge on any atom is 0.109 e. The van der Waals surface area contributed by atoms with Gasteiger partial charge in [-0.3, -0.25) is 0 Å². The van der Waals surface area contributed by atoms with Crippen molar-refractivity contribution in [3.8, 4) is 0 Å². The summed E-state index contributed by atoms with van der Waals surface area (Å²) in [7, 11) is 0. The second-order valence-corrected chi connectivity index (χ2v) is 6.92. The Bertz CT molecular complexity index is 468. The second kappa shape index (κ2) is 3.60. The highest BCUT2D eigenvalue weighted by Gasteiger charge is 2.66. The molecule has 0 unspecified atom stereocenters. The number of hydrogen-bond donors (Lipinski definition) is 1. The molecule has 0 radical (unpaired) electrons. The third kappa shape index (κ3) is 1.37. The predicted octanol–water partition coefficient (Wildman–Crippen LogP) is 2.70. The van der Waals surface area contributed by atoms with E-state index in [1.54, 1.807) is 0 Å². The van der Waals surface area contributed by atoms with E-state index in [2.05, 4.69) is 44.5 Å². The minimum atomic E-state index is 0.385. The van der Waals surface area contributed by atoms with Gasteiger partial charge in [0.15, 0.2) is 0 Å². The number of aromatic nitrogens is 2. The SMILES string of the molecule is CCc1nc2c(n1C1C(C)(C)C1(C)C)CCNC2. The minimum absolute atomic E-state index is 0.385. The molecule has 100 valence electrons. The Morgan fingerprint density at radius 2 is 1.94 bits per heavy atom. The van der Waals surface area contributed by atoms with Crippen molar-refractivity contribution in [2.24, 2.45) is 10.8 Å². The van der Waals surface area contributed by atoms with Gasteiger partial charge in [-0.15, -0.1) is 0 Å². The van der Waals surface area contributed by atoms with Crippen LogP contribution < -0.4 is 5.32 Å². The van der Waals surface area contributed by atoms with E-state index in [4.69, 9.17) is 4.98 Å². The average Bonchev–Trinajstić information content (AvgIpc) is 2.62. The molecule has 1 aromatic heterocycles. The van der Waals surface area contributed by atoms with Crippen LogP contribution in [0.25, 0.3) is 0 Å². The van der Waals surface area contributed by atoms with Gasteiger partial charge in [0.25, 0.3) is 0 Å². The Balaban J connectivity index is 2.10. The predicted molar refractivity (Wildman–Crippen MR) is 73.6 cm³/mol. The smallest absolute Gasteiger partial charge is 0.109 e. The molecule has 2 aliphatic rings. The van der Waals surface area contributed by atoms with Crippen molar-refractivity contribution in [1.29, 1.82) is 0 Å². The van der Waals surface area contributed by atoms with Crippen LogP contribution in [-0.2, 0) is 19.4 Å². The first-order valence-corrected chi connectivity index (χ1v) is 7.20. The zero-order valence-electron chi connectivity index (χ0n) is 12.3. The lowest BCUT2D eigenvalue weighted by molar-refractivity contribution is 0.457. The van der Waals surface area contributed by atoms with E-state index in [1.165, 1.54) is 17.2 Å². The Morgan fingerprint density at radius 3 is 2.50 bits per heavy atom. The number of hydrogen-bond acceptors (Lipinski definition) is 2. The van der Waals surface area contributed by atoms with E-state index in [0.717, 1.165) is 25.9 Å². The molecule has 0 aromatic carbocycles. The summed E-state index contributed by atoms with van der Waals surface area (Å²) in [6, 6.07) is 0.620. The molecule has 3 nitrogen and oxygen atoms in total. The molecule has 1 aliphatic carbocycles. The Morgan fingerprint density at radius 1 is 1.28 bits per heavy atom. The summed E-state index contributed by atoms with van der Waals surface area (Å²) in [5.74, 6) is 1.28. The Kier molecular flexibility index (Phi) is 2.44. The first-order chi connectivity index (χ1) is 8.41. The van der Waals surface area contributed by atoms with Crippen molar-refractivity contribution in [2.45, 2.75) is 60.0 Å². The van der Waals surface area contributed by atoms with Gasteiger partial charge in [0.1, 0.15) is 5.82 Å². The minimum Gasteiger partial charge on any atom is -0.327 e. The zero-order chi connectivity index (χ0) is 13.1. The molecule has 0 bridgehead atoms. The summed E-state index contributed by atoms with van der Waals surface area (Å²) in [5, 5.41) is 3.43. The summed E-state index contributed by atoms with van der Waals surface area (Å²) < 4.78 is 2.58. The fourth-order valence-electron chi connectivity index (χ4n) is 3.75. The van der Waals surface area contributed by atoms with Crippen LogP contribution in [0.5, 0.6) is 0 Å². The van der Waals surface area contributed by atoms with Crippen LogP contribution in [0.15, 0.2) is 0 Å². The van der Waals surface area contributed by atoms with Gasteiger partial charge in [0, 0.05) is 37.7 Å². The second-order valence-electron chi connectivity index (χ2n) is 6.92. The highest BCUT2D eigenvalue weighted by Crippen LogP contribution is 2.71. The van der Waals surface area contributed by atoms with Crippen LogP contribution in [0.2, 0.25) is 0 Å². The Hall–Kier alpha value is -0.830. The largest absolute Gasteiger partial charge is 0.327 e. The highest BCUT2D eigenvalue weighted by molar-refractivity contribution is 5.28.